The SMILES string of the molecule is CC1(C)OC[C@@H]2O[C@@]3([C@H]4C[C@H](O)[C@H](O)C(=O)O4)OC(C)(C)O[C@H]3[C@@H]2O1. The van der Waals surface area contributed by atoms with Gasteiger partial charge in [-0.3, -0.25) is 0 Å². The minimum atomic E-state index is -1.58. The Morgan fingerprint density at radius 2 is 1.76 bits per heavy atom. The molecule has 0 spiro atoms. The Labute approximate surface area is 145 Å². The molecule has 4 fully saturated rings. The van der Waals surface area contributed by atoms with Crippen molar-refractivity contribution in [2.75, 3.05) is 6.61 Å². The van der Waals surface area contributed by atoms with Crippen molar-refractivity contribution in [1.29, 1.82) is 0 Å². The fraction of sp³-hybridized carbons (Fsp3) is 0.938. The van der Waals surface area contributed by atoms with Crippen LogP contribution in [0.15, 0.2) is 0 Å². The molecule has 0 bridgehead atoms. The van der Waals surface area contributed by atoms with Gasteiger partial charge in [-0.15, -0.1) is 0 Å². The zero-order valence-corrected chi connectivity index (χ0v) is 14.6. The quantitative estimate of drug-likeness (QED) is 0.593. The van der Waals surface area contributed by atoms with E-state index in [4.69, 9.17) is 28.4 Å². The summed E-state index contributed by atoms with van der Waals surface area (Å²) in [6, 6.07) is 0. The van der Waals surface area contributed by atoms with Gasteiger partial charge in [-0.2, -0.15) is 0 Å². The summed E-state index contributed by atoms with van der Waals surface area (Å²) in [6.07, 6.45) is -5.44. The Balaban J connectivity index is 1.67. The van der Waals surface area contributed by atoms with E-state index in [1.165, 1.54) is 0 Å². The molecule has 25 heavy (non-hydrogen) atoms. The molecular weight excluding hydrogens is 336 g/mol. The third-order valence-corrected chi connectivity index (χ3v) is 5.00. The van der Waals surface area contributed by atoms with E-state index in [9.17, 15) is 15.0 Å². The van der Waals surface area contributed by atoms with Crippen molar-refractivity contribution in [2.45, 2.75) is 88.1 Å². The lowest BCUT2D eigenvalue weighted by atomic mass is 9.92. The smallest absolute Gasteiger partial charge is 0.338 e. The summed E-state index contributed by atoms with van der Waals surface area (Å²) in [6.45, 7) is 7.32. The third-order valence-electron chi connectivity index (χ3n) is 5.00. The molecule has 2 N–H and O–H groups in total. The van der Waals surface area contributed by atoms with E-state index < -0.39 is 60.0 Å². The van der Waals surface area contributed by atoms with Crippen molar-refractivity contribution in [3.8, 4) is 0 Å². The molecule has 4 aliphatic rings. The Morgan fingerprint density at radius 3 is 2.44 bits per heavy atom. The molecule has 9 heteroatoms. The average Bonchev–Trinajstić information content (AvgIpc) is 2.92. The number of hydrogen-bond acceptors (Lipinski definition) is 9. The zero-order chi connectivity index (χ0) is 18.2. The maximum Gasteiger partial charge on any atom is 0.338 e. The maximum absolute atomic E-state index is 11.9. The summed E-state index contributed by atoms with van der Waals surface area (Å²) < 4.78 is 35.1. The molecule has 4 aliphatic heterocycles. The van der Waals surface area contributed by atoms with Gasteiger partial charge in [0.1, 0.15) is 18.3 Å². The molecule has 0 unspecified atom stereocenters. The highest BCUT2D eigenvalue weighted by Gasteiger charge is 2.71. The van der Waals surface area contributed by atoms with E-state index in [1.807, 2.05) is 0 Å². The monoisotopic (exact) mass is 360 g/mol. The number of ether oxygens (including phenoxy) is 6. The molecule has 142 valence electrons. The lowest BCUT2D eigenvalue weighted by Gasteiger charge is -2.39. The van der Waals surface area contributed by atoms with Gasteiger partial charge in [-0.25, -0.2) is 4.79 Å². The molecule has 0 amide bonds. The number of aliphatic hydroxyl groups is 2. The fourth-order valence-electron chi connectivity index (χ4n) is 3.99. The molecule has 0 aromatic heterocycles. The largest absolute Gasteiger partial charge is 0.454 e. The normalized spacial score (nSPS) is 50.9. The van der Waals surface area contributed by atoms with Crippen LogP contribution in [0.5, 0.6) is 0 Å². The van der Waals surface area contributed by atoms with Gasteiger partial charge < -0.3 is 38.6 Å². The van der Waals surface area contributed by atoms with Crippen LogP contribution in [-0.4, -0.2) is 76.8 Å². The van der Waals surface area contributed by atoms with E-state index in [0.29, 0.717) is 0 Å². The van der Waals surface area contributed by atoms with Crippen molar-refractivity contribution in [3.05, 3.63) is 0 Å². The molecule has 0 saturated carbocycles. The van der Waals surface area contributed by atoms with Gasteiger partial charge in [0.25, 0.3) is 0 Å². The van der Waals surface area contributed by atoms with Gasteiger partial charge in [0.05, 0.1) is 12.7 Å². The topological polar surface area (TPSA) is 113 Å². The first kappa shape index (κ1) is 17.6. The predicted molar refractivity (Wildman–Crippen MR) is 79.1 cm³/mol. The first-order valence-corrected chi connectivity index (χ1v) is 8.47. The minimum absolute atomic E-state index is 0.0352. The van der Waals surface area contributed by atoms with Crippen molar-refractivity contribution in [2.24, 2.45) is 0 Å². The summed E-state index contributed by atoms with van der Waals surface area (Å²) in [5.74, 6) is -4.15. The van der Waals surface area contributed by atoms with Crippen molar-refractivity contribution in [3.63, 3.8) is 0 Å². The molecule has 4 rings (SSSR count). The Kier molecular flexibility index (Phi) is 3.77. The summed E-state index contributed by atoms with van der Waals surface area (Å²) in [5.41, 5.74) is 0. The molecule has 7 atom stereocenters. The number of rotatable bonds is 1. The molecular formula is C16H24O9. The molecule has 9 nitrogen and oxygen atoms in total. The lowest BCUT2D eigenvalue weighted by Crippen LogP contribution is -2.59. The second-order valence-electron chi connectivity index (χ2n) is 7.88. The fourth-order valence-corrected chi connectivity index (χ4v) is 3.99. The lowest BCUT2D eigenvalue weighted by molar-refractivity contribution is -0.339. The highest BCUT2D eigenvalue weighted by atomic mass is 16.9. The number of cyclic esters (lactones) is 1. The van der Waals surface area contributed by atoms with E-state index in [0.717, 1.165) is 0 Å². The zero-order valence-electron chi connectivity index (χ0n) is 14.6. The number of aliphatic hydroxyl groups excluding tert-OH is 2. The van der Waals surface area contributed by atoms with Crippen LogP contribution in [0.3, 0.4) is 0 Å². The average molecular weight is 360 g/mol. The number of carbonyl (C=O) groups excluding carboxylic acids is 1. The summed E-state index contributed by atoms with van der Waals surface area (Å²) in [5, 5.41) is 19.6. The van der Waals surface area contributed by atoms with Crippen molar-refractivity contribution < 1.29 is 43.4 Å². The second-order valence-corrected chi connectivity index (χ2v) is 7.88. The van der Waals surface area contributed by atoms with E-state index in [2.05, 4.69) is 0 Å². The van der Waals surface area contributed by atoms with Crippen LogP contribution in [0.2, 0.25) is 0 Å². The molecule has 0 aliphatic carbocycles. The van der Waals surface area contributed by atoms with Gasteiger partial charge in [-0.05, 0) is 27.7 Å². The molecule has 0 aromatic carbocycles. The first-order chi connectivity index (χ1) is 11.5. The van der Waals surface area contributed by atoms with Crippen LogP contribution in [0.4, 0.5) is 0 Å². The van der Waals surface area contributed by atoms with E-state index >= 15 is 0 Å². The van der Waals surface area contributed by atoms with Gasteiger partial charge in [-0.1, -0.05) is 0 Å². The van der Waals surface area contributed by atoms with Crippen LogP contribution in [0.1, 0.15) is 34.1 Å². The van der Waals surface area contributed by atoms with Gasteiger partial charge in [0.15, 0.2) is 23.8 Å². The van der Waals surface area contributed by atoms with Crippen molar-refractivity contribution in [1.82, 2.24) is 0 Å². The molecule has 0 radical (unpaired) electrons. The molecule has 4 saturated heterocycles. The van der Waals surface area contributed by atoms with E-state index in [-0.39, 0.29) is 13.0 Å². The maximum atomic E-state index is 11.9. The number of hydrogen-bond donors (Lipinski definition) is 2. The summed E-state index contributed by atoms with van der Waals surface area (Å²) in [7, 11) is 0. The molecule has 0 aromatic rings. The highest BCUT2D eigenvalue weighted by molar-refractivity contribution is 5.76. The third kappa shape index (κ3) is 2.69. The van der Waals surface area contributed by atoms with Crippen LogP contribution in [-0.2, 0) is 33.2 Å². The van der Waals surface area contributed by atoms with Crippen LogP contribution in [0, 0.1) is 0 Å². The first-order valence-electron chi connectivity index (χ1n) is 8.47. The number of carbonyl (C=O) groups is 1. The van der Waals surface area contributed by atoms with Crippen LogP contribution >= 0.6 is 0 Å². The van der Waals surface area contributed by atoms with Crippen molar-refractivity contribution >= 4 is 5.97 Å². The van der Waals surface area contributed by atoms with Gasteiger partial charge in [0, 0.05) is 6.42 Å². The number of fused-ring (bicyclic) bond motifs is 3. The Bertz CT molecular complexity index is 576. The number of esters is 1. The second kappa shape index (κ2) is 5.35. The highest BCUT2D eigenvalue weighted by Crippen LogP contribution is 2.52. The molecule has 4 heterocycles. The Hall–Kier alpha value is -0.810. The summed E-state index contributed by atoms with van der Waals surface area (Å²) >= 11 is 0. The standard InChI is InChI=1S/C16H24O9/c1-14(2)20-6-8-11(23-14)12-16(22-8,25-15(3,4)24-12)9-5-7(17)10(18)13(19)21-9/h7-12,17-18H,5-6H2,1-4H3/t7-,8-,9+,10-,11+,12-,16-/m0/s1. The van der Waals surface area contributed by atoms with E-state index in [1.54, 1.807) is 27.7 Å². The predicted octanol–water partition coefficient (Wildman–Crippen LogP) is -0.578. The minimum Gasteiger partial charge on any atom is -0.454 e. The summed E-state index contributed by atoms with van der Waals surface area (Å²) in [4.78, 5) is 11.9. The van der Waals surface area contributed by atoms with Crippen LogP contribution in [0.25, 0.3) is 0 Å². The Morgan fingerprint density at radius 1 is 1.04 bits per heavy atom. The van der Waals surface area contributed by atoms with Gasteiger partial charge >= 0.3 is 5.97 Å². The van der Waals surface area contributed by atoms with Gasteiger partial charge in [0.2, 0.25) is 5.79 Å². The van der Waals surface area contributed by atoms with Crippen LogP contribution < -0.4 is 0 Å².